The largest absolute Gasteiger partial charge is 0.467 e. The number of hydrogen-bond donors (Lipinski definition) is 2. The number of rotatable bonds is 7. The summed E-state index contributed by atoms with van der Waals surface area (Å²) in [4.78, 5) is 24.3. The van der Waals surface area contributed by atoms with Gasteiger partial charge in [-0.1, -0.05) is 25.2 Å². The Morgan fingerprint density at radius 1 is 1.46 bits per heavy atom. The van der Waals surface area contributed by atoms with Crippen LogP contribution in [-0.2, 0) is 14.3 Å². The van der Waals surface area contributed by atoms with Crippen LogP contribution in [-0.4, -0.2) is 41.0 Å². The predicted octanol–water partition coefficient (Wildman–Crippen LogP) is 3.22. The maximum Gasteiger partial charge on any atom is 0.408 e. The first-order valence-electron chi connectivity index (χ1n) is 8.79. The van der Waals surface area contributed by atoms with Crippen LogP contribution in [0.4, 0.5) is 4.79 Å². The molecule has 0 saturated heterocycles. The smallest absolute Gasteiger partial charge is 0.408 e. The fourth-order valence-corrected chi connectivity index (χ4v) is 2.70. The number of amides is 1. The zero-order valence-electron chi connectivity index (χ0n) is 15.7. The molecule has 2 unspecified atom stereocenters. The normalized spacial score (nSPS) is 18.0. The van der Waals surface area contributed by atoms with Crippen LogP contribution in [0, 0.1) is 5.92 Å². The number of H-pyrrole nitrogens is 1. The number of nitrogens with one attached hydrogen (secondary N) is 2. The van der Waals surface area contributed by atoms with Crippen molar-refractivity contribution in [1.29, 1.82) is 0 Å². The molecule has 7 nitrogen and oxygen atoms in total. The van der Waals surface area contributed by atoms with Crippen molar-refractivity contribution in [2.45, 2.75) is 51.7 Å². The second-order valence-electron chi connectivity index (χ2n) is 6.97. The van der Waals surface area contributed by atoms with Gasteiger partial charge in [-0.3, -0.25) is 5.10 Å². The van der Waals surface area contributed by atoms with E-state index in [2.05, 4.69) is 15.5 Å². The first-order valence-corrected chi connectivity index (χ1v) is 8.79. The number of allylic oxidation sites excluding steroid dienone is 4. The molecule has 0 aliphatic heterocycles. The summed E-state index contributed by atoms with van der Waals surface area (Å²) in [6, 6.07) is 1.14. The molecule has 0 bridgehead atoms. The molecule has 1 aliphatic carbocycles. The molecule has 0 fully saturated rings. The maximum atomic E-state index is 12.2. The van der Waals surface area contributed by atoms with Crippen LogP contribution in [0.2, 0.25) is 0 Å². The van der Waals surface area contributed by atoms with Gasteiger partial charge in [0.15, 0.2) is 0 Å². The Balaban J connectivity index is 2.00. The van der Waals surface area contributed by atoms with E-state index in [9.17, 15) is 9.59 Å². The van der Waals surface area contributed by atoms with E-state index < -0.39 is 23.7 Å². The standard InChI is InChI=1S/C19H27N3O4/c1-5-19(2,3)26-18(24)21-16(17(23)25-4)12-13-7-6-8-14(11-13)15-9-10-20-22-15/h6-10,13,16H,5,11-12H2,1-4H3,(H,20,22)(H,21,24). The fraction of sp³-hybridized carbons (Fsp3) is 0.526. The van der Waals surface area contributed by atoms with Crippen molar-refractivity contribution >= 4 is 17.6 Å². The van der Waals surface area contributed by atoms with Crippen molar-refractivity contribution in [2.24, 2.45) is 5.92 Å². The van der Waals surface area contributed by atoms with Gasteiger partial charge in [-0.15, -0.1) is 0 Å². The van der Waals surface area contributed by atoms with Gasteiger partial charge < -0.3 is 14.8 Å². The van der Waals surface area contributed by atoms with Gasteiger partial charge >= 0.3 is 12.1 Å². The van der Waals surface area contributed by atoms with Gasteiger partial charge in [-0.25, -0.2) is 9.59 Å². The molecule has 142 valence electrons. The number of carbonyl (C=O) groups excluding carboxylic acids is 2. The van der Waals surface area contributed by atoms with Crippen LogP contribution >= 0.6 is 0 Å². The number of alkyl carbamates (subject to hydrolysis) is 1. The topological polar surface area (TPSA) is 93.3 Å². The zero-order chi connectivity index (χ0) is 19.2. The van der Waals surface area contributed by atoms with Crippen LogP contribution in [0.5, 0.6) is 0 Å². The molecule has 0 spiro atoms. The highest BCUT2D eigenvalue weighted by molar-refractivity contribution is 5.81. The van der Waals surface area contributed by atoms with Crippen LogP contribution in [0.15, 0.2) is 30.5 Å². The summed E-state index contributed by atoms with van der Waals surface area (Å²) >= 11 is 0. The van der Waals surface area contributed by atoms with Crippen molar-refractivity contribution in [1.82, 2.24) is 15.5 Å². The molecule has 1 heterocycles. The maximum absolute atomic E-state index is 12.2. The third-order valence-electron chi connectivity index (χ3n) is 4.55. The first-order chi connectivity index (χ1) is 12.3. The van der Waals surface area contributed by atoms with Crippen LogP contribution < -0.4 is 5.32 Å². The molecule has 0 aromatic carbocycles. The minimum Gasteiger partial charge on any atom is -0.467 e. The van der Waals surface area contributed by atoms with E-state index in [0.717, 1.165) is 17.7 Å². The van der Waals surface area contributed by atoms with Crippen LogP contribution in [0.1, 0.15) is 45.7 Å². The predicted molar refractivity (Wildman–Crippen MR) is 98.2 cm³/mol. The summed E-state index contributed by atoms with van der Waals surface area (Å²) in [5.74, 6) is -0.399. The Hall–Kier alpha value is -2.57. The summed E-state index contributed by atoms with van der Waals surface area (Å²) in [5.41, 5.74) is 1.46. The van der Waals surface area contributed by atoms with E-state index in [0.29, 0.717) is 12.8 Å². The van der Waals surface area contributed by atoms with Gasteiger partial charge in [0.1, 0.15) is 11.6 Å². The molecule has 1 aromatic rings. The highest BCUT2D eigenvalue weighted by Gasteiger charge is 2.29. The Labute approximate surface area is 153 Å². The minimum absolute atomic E-state index is 0.0851. The summed E-state index contributed by atoms with van der Waals surface area (Å²) in [5, 5.41) is 9.56. The first kappa shape index (κ1) is 19.8. The second kappa shape index (κ2) is 8.69. The minimum atomic E-state index is -0.768. The number of carbonyl (C=O) groups is 2. The average molecular weight is 361 g/mol. The number of nitrogens with zero attached hydrogens (tertiary/aromatic N) is 1. The lowest BCUT2D eigenvalue weighted by atomic mass is 9.88. The number of hydrogen-bond acceptors (Lipinski definition) is 5. The van der Waals surface area contributed by atoms with Crippen molar-refractivity contribution in [3.8, 4) is 0 Å². The summed E-state index contributed by atoms with van der Waals surface area (Å²) < 4.78 is 10.2. The lowest BCUT2D eigenvalue weighted by molar-refractivity contribution is -0.143. The number of aromatic nitrogens is 2. The molecule has 1 aliphatic rings. The number of esters is 1. The van der Waals surface area contributed by atoms with Crippen molar-refractivity contribution in [2.75, 3.05) is 7.11 Å². The molecular weight excluding hydrogens is 334 g/mol. The van der Waals surface area contributed by atoms with E-state index >= 15 is 0 Å². The quantitative estimate of drug-likeness (QED) is 0.727. The molecule has 26 heavy (non-hydrogen) atoms. The lowest BCUT2D eigenvalue weighted by Crippen LogP contribution is -2.45. The fourth-order valence-electron chi connectivity index (χ4n) is 2.70. The van der Waals surface area contributed by atoms with Crippen molar-refractivity contribution in [3.63, 3.8) is 0 Å². The molecule has 2 N–H and O–H groups in total. The SMILES string of the molecule is CCC(C)(C)OC(=O)NC(CC1C=CC=C(c2ccn[nH]2)C1)C(=O)OC. The molecule has 2 rings (SSSR count). The Kier molecular flexibility index (Phi) is 6.60. The second-order valence-corrected chi connectivity index (χ2v) is 6.97. The highest BCUT2D eigenvalue weighted by Crippen LogP contribution is 2.29. The third kappa shape index (κ3) is 5.47. The monoisotopic (exact) mass is 361 g/mol. The Morgan fingerprint density at radius 2 is 2.23 bits per heavy atom. The molecule has 1 amide bonds. The Morgan fingerprint density at radius 3 is 2.85 bits per heavy atom. The van der Waals surface area contributed by atoms with Gasteiger partial charge in [0, 0.05) is 6.20 Å². The van der Waals surface area contributed by atoms with E-state index in [4.69, 9.17) is 9.47 Å². The van der Waals surface area contributed by atoms with Crippen LogP contribution in [0.3, 0.4) is 0 Å². The van der Waals surface area contributed by atoms with Crippen LogP contribution in [0.25, 0.3) is 5.57 Å². The van der Waals surface area contributed by atoms with Gasteiger partial charge in [0.25, 0.3) is 0 Å². The molecule has 0 radical (unpaired) electrons. The third-order valence-corrected chi connectivity index (χ3v) is 4.55. The zero-order valence-corrected chi connectivity index (χ0v) is 15.7. The van der Waals surface area contributed by atoms with E-state index in [1.54, 1.807) is 6.20 Å². The summed E-state index contributed by atoms with van der Waals surface area (Å²) in [6.07, 6.45) is 8.93. The van der Waals surface area contributed by atoms with Gasteiger partial charge in [0.2, 0.25) is 0 Å². The van der Waals surface area contributed by atoms with E-state index in [1.165, 1.54) is 7.11 Å². The summed E-state index contributed by atoms with van der Waals surface area (Å²) in [7, 11) is 1.31. The van der Waals surface area contributed by atoms with Gasteiger partial charge in [-0.2, -0.15) is 5.10 Å². The number of methoxy groups -OCH3 is 1. The molecule has 2 atom stereocenters. The number of aromatic amines is 1. The Bertz CT molecular complexity index is 677. The molecule has 7 heteroatoms. The molecular formula is C19H27N3O4. The average Bonchev–Trinajstić information content (AvgIpc) is 3.15. The van der Waals surface area contributed by atoms with Gasteiger partial charge in [-0.05, 0) is 50.7 Å². The molecule has 1 aromatic heterocycles. The van der Waals surface area contributed by atoms with E-state index in [1.807, 2.05) is 45.1 Å². The number of ether oxygens (including phenoxy) is 2. The van der Waals surface area contributed by atoms with Crippen molar-refractivity contribution in [3.05, 3.63) is 36.2 Å². The molecule has 0 saturated carbocycles. The van der Waals surface area contributed by atoms with Gasteiger partial charge in [0.05, 0.1) is 12.8 Å². The lowest BCUT2D eigenvalue weighted by Gasteiger charge is -2.26. The summed E-state index contributed by atoms with van der Waals surface area (Å²) in [6.45, 7) is 5.58. The van der Waals surface area contributed by atoms with E-state index in [-0.39, 0.29) is 5.92 Å². The highest BCUT2D eigenvalue weighted by atomic mass is 16.6. The van der Waals surface area contributed by atoms with Crippen molar-refractivity contribution < 1.29 is 19.1 Å².